The van der Waals surface area contributed by atoms with E-state index >= 15 is 0 Å². The molecule has 2 atom stereocenters. The average molecular weight is 424 g/mol. The van der Waals surface area contributed by atoms with Gasteiger partial charge in [-0.1, -0.05) is 13.8 Å². The minimum atomic E-state index is -1.08. The lowest BCUT2D eigenvalue weighted by Gasteiger charge is -2.29. The van der Waals surface area contributed by atoms with Gasteiger partial charge in [0.25, 0.3) is 5.91 Å². The normalized spacial score (nSPS) is 18.7. The highest BCUT2D eigenvalue weighted by Gasteiger charge is 2.51. The van der Waals surface area contributed by atoms with E-state index in [1.165, 1.54) is 0 Å². The zero-order chi connectivity index (χ0) is 22.5. The molecule has 1 aromatic carbocycles. The number of aryl methyl sites for hydroxylation is 1. The number of Topliss-reactive ketones (excluding diaryl/α,β-unsaturated/α-hetero) is 2. The zero-order valence-corrected chi connectivity index (χ0v) is 18.5. The average Bonchev–Trinajstić information content (AvgIpc) is 3.04. The molecule has 1 saturated heterocycles. The predicted octanol–water partition coefficient (Wildman–Crippen LogP) is 2.69. The molecule has 7 nitrogen and oxygen atoms in total. The van der Waals surface area contributed by atoms with Gasteiger partial charge in [-0.2, -0.15) is 0 Å². The van der Waals surface area contributed by atoms with Gasteiger partial charge in [-0.05, 0) is 61.5 Å². The molecule has 2 heterocycles. The Labute approximate surface area is 183 Å². The molecule has 1 aromatic heterocycles. The number of pyridine rings is 1. The largest absolute Gasteiger partial charge is 0.497 e. The van der Waals surface area contributed by atoms with Crippen molar-refractivity contribution in [3.63, 3.8) is 0 Å². The quantitative estimate of drug-likeness (QED) is 0.351. The number of rotatable bonds is 9. The maximum Gasteiger partial charge on any atom is 0.291 e. The summed E-state index contributed by atoms with van der Waals surface area (Å²) in [4.78, 5) is 47.4. The number of likely N-dealkylation sites (N-methyl/N-ethyl adjacent to an activating group) is 1. The van der Waals surface area contributed by atoms with Crippen LogP contribution in [0.5, 0.6) is 5.75 Å². The molecule has 0 N–H and O–H groups in total. The number of ether oxygens (including phenoxy) is 1. The van der Waals surface area contributed by atoms with Crippen LogP contribution in [0.25, 0.3) is 0 Å². The van der Waals surface area contributed by atoms with E-state index in [9.17, 15) is 14.4 Å². The Hall–Kier alpha value is -3.06. The van der Waals surface area contributed by atoms with Gasteiger partial charge in [-0.3, -0.25) is 19.4 Å². The highest BCUT2D eigenvalue weighted by atomic mass is 16.5. The van der Waals surface area contributed by atoms with Crippen molar-refractivity contribution >= 4 is 17.5 Å². The van der Waals surface area contributed by atoms with E-state index in [1.807, 2.05) is 0 Å². The van der Waals surface area contributed by atoms with Gasteiger partial charge in [0.2, 0.25) is 5.78 Å². The molecule has 1 amide bonds. The number of hydrogen-bond donors (Lipinski definition) is 0. The van der Waals surface area contributed by atoms with Crippen molar-refractivity contribution in [1.82, 2.24) is 14.8 Å². The molecule has 1 aliphatic rings. The number of methoxy groups -OCH3 is 1. The van der Waals surface area contributed by atoms with E-state index in [0.29, 0.717) is 30.0 Å². The first-order valence-corrected chi connectivity index (χ1v) is 10.6. The van der Waals surface area contributed by atoms with Crippen LogP contribution in [0.2, 0.25) is 0 Å². The van der Waals surface area contributed by atoms with E-state index in [4.69, 9.17) is 4.74 Å². The van der Waals surface area contributed by atoms with Crippen LogP contribution >= 0.6 is 0 Å². The van der Waals surface area contributed by atoms with Crippen molar-refractivity contribution in [2.24, 2.45) is 5.92 Å². The number of benzene rings is 1. The van der Waals surface area contributed by atoms with Crippen LogP contribution in [-0.2, 0) is 9.59 Å². The summed E-state index contributed by atoms with van der Waals surface area (Å²) in [6.45, 7) is 8.62. The molecule has 7 heteroatoms. The van der Waals surface area contributed by atoms with Gasteiger partial charge in [0.1, 0.15) is 11.7 Å². The lowest BCUT2D eigenvalue weighted by atomic mass is 9.85. The third kappa shape index (κ3) is 4.51. The predicted molar refractivity (Wildman–Crippen MR) is 117 cm³/mol. The van der Waals surface area contributed by atoms with Gasteiger partial charge in [0.15, 0.2) is 5.78 Å². The summed E-state index contributed by atoms with van der Waals surface area (Å²) in [6, 6.07) is 8.00. The van der Waals surface area contributed by atoms with Gasteiger partial charge in [0.05, 0.1) is 13.2 Å². The number of amides is 1. The number of hydrogen-bond acceptors (Lipinski definition) is 6. The van der Waals surface area contributed by atoms with Crippen molar-refractivity contribution in [1.29, 1.82) is 0 Å². The number of ketones is 2. The molecule has 164 valence electrons. The summed E-state index contributed by atoms with van der Waals surface area (Å²) in [5.74, 6) is -2.04. The second-order valence-corrected chi connectivity index (χ2v) is 7.64. The number of likely N-dealkylation sites (tertiary alicyclic amines) is 1. The zero-order valence-electron chi connectivity index (χ0n) is 18.5. The van der Waals surface area contributed by atoms with Gasteiger partial charge in [-0.25, -0.2) is 0 Å². The van der Waals surface area contributed by atoms with Crippen molar-refractivity contribution in [2.75, 3.05) is 33.3 Å². The summed E-state index contributed by atoms with van der Waals surface area (Å²) in [7, 11) is 1.56. The Balaban J connectivity index is 2.00. The van der Waals surface area contributed by atoms with E-state index in [2.05, 4.69) is 23.7 Å². The molecule has 0 bridgehead atoms. The SMILES string of the molecule is CCN(CC)CCN1C(=O)C(=O)C(C(=O)c2ccc(OC)cc2C)C1c1ccncc1. The van der Waals surface area contributed by atoms with Gasteiger partial charge in [0, 0.05) is 31.0 Å². The molecule has 3 rings (SSSR count). The van der Waals surface area contributed by atoms with Crippen molar-refractivity contribution in [2.45, 2.75) is 26.8 Å². The Kier molecular flexibility index (Phi) is 7.17. The fourth-order valence-corrected chi connectivity index (χ4v) is 4.16. The molecule has 2 unspecified atom stereocenters. The molecule has 0 aliphatic carbocycles. The second kappa shape index (κ2) is 9.83. The first-order valence-electron chi connectivity index (χ1n) is 10.6. The lowest BCUT2D eigenvalue weighted by molar-refractivity contribution is -0.140. The van der Waals surface area contributed by atoms with Crippen molar-refractivity contribution in [3.05, 3.63) is 59.4 Å². The fourth-order valence-electron chi connectivity index (χ4n) is 4.16. The third-order valence-electron chi connectivity index (χ3n) is 5.99. The first-order chi connectivity index (χ1) is 14.9. The molecule has 0 radical (unpaired) electrons. The minimum Gasteiger partial charge on any atom is -0.497 e. The maximum absolute atomic E-state index is 13.5. The molecule has 2 aromatic rings. The standard InChI is InChI=1S/C24H29N3O4/c1-5-26(6-2)13-14-27-21(17-9-11-25-12-10-17)20(23(29)24(27)30)22(28)19-8-7-18(31-4)15-16(19)3/h7-12,15,20-21H,5-6,13-14H2,1-4H3. The number of carbonyl (C=O) groups excluding carboxylic acids is 3. The Morgan fingerprint density at radius 3 is 2.39 bits per heavy atom. The number of carbonyl (C=O) groups is 3. The van der Waals surface area contributed by atoms with Gasteiger partial charge in [-0.15, -0.1) is 0 Å². The van der Waals surface area contributed by atoms with E-state index < -0.39 is 23.7 Å². The van der Waals surface area contributed by atoms with Crippen LogP contribution < -0.4 is 4.74 Å². The molecular formula is C24H29N3O4. The summed E-state index contributed by atoms with van der Waals surface area (Å²) in [5.41, 5.74) is 1.87. The Morgan fingerprint density at radius 1 is 1.13 bits per heavy atom. The summed E-state index contributed by atoms with van der Waals surface area (Å²) in [6.07, 6.45) is 3.23. The Bertz CT molecular complexity index is 957. The van der Waals surface area contributed by atoms with Crippen LogP contribution in [0.3, 0.4) is 0 Å². The summed E-state index contributed by atoms with van der Waals surface area (Å²) >= 11 is 0. The highest BCUT2D eigenvalue weighted by molar-refractivity contribution is 6.44. The monoisotopic (exact) mass is 423 g/mol. The molecule has 31 heavy (non-hydrogen) atoms. The van der Waals surface area contributed by atoms with Crippen molar-refractivity contribution in [3.8, 4) is 5.75 Å². The topological polar surface area (TPSA) is 79.8 Å². The number of nitrogens with zero attached hydrogens (tertiary/aromatic N) is 3. The minimum absolute atomic E-state index is 0.342. The van der Waals surface area contributed by atoms with E-state index in [1.54, 1.807) is 61.7 Å². The lowest BCUT2D eigenvalue weighted by Crippen LogP contribution is -2.38. The maximum atomic E-state index is 13.5. The van der Waals surface area contributed by atoms with E-state index in [-0.39, 0.29) is 5.78 Å². The molecule has 0 saturated carbocycles. The molecule has 1 aliphatic heterocycles. The van der Waals surface area contributed by atoms with Crippen LogP contribution in [0.4, 0.5) is 0 Å². The molecule has 1 fully saturated rings. The first kappa shape index (κ1) is 22.6. The van der Waals surface area contributed by atoms with Gasteiger partial charge < -0.3 is 14.5 Å². The Morgan fingerprint density at radius 2 is 1.81 bits per heavy atom. The summed E-state index contributed by atoms with van der Waals surface area (Å²) in [5, 5.41) is 0. The second-order valence-electron chi connectivity index (χ2n) is 7.64. The molecular weight excluding hydrogens is 394 g/mol. The smallest absolute Gasteiger partial charge is 0.291 e. The molecule has 0 spiro atoms. The fraction of sp³-hybridized carbons (Fsp3) is 0.417. The van der Waals surface area contributed by atoms with Crippen LogP contribution in [0.1, 0.15) is 41.4 Å². The number of aromatic nitrogens is 1. The van der Waals surface area contributed by atoms with Crippen LogP contribution in [0.15, 0.2) is 42.7 Å². The summed E-state index contributed by atoms with van der Waals surface area (Å²) < 4.78 is 5.22. The van der Waals surface area contributed by atoms with E-state index in [0.717, 1.165) is 18.7 Å². The van der Waals surface area contributed by atoms with Crippen LogP contribution in [-0.4, -0.2) is 65.5 Å². The highest BCUT2D eigenvalue weighted by Crippen LogP contribution is 2.38. The van der Waals surface area contributed by atoms with Crippen molar-refractivity contribution < 1.29 is 19.1 Å². The third-order valence-corrected chi connectivity index (χ3v) is 5.99. The van der Waals surface area contributed by atoms with Gasteiger partial charge >= 0.3 is 0 Å². The van der Waals surface area contributed by atoms with Crippen LogP contribution in [0, 0.1) is 12.8 Å².